The maximum Gasteiger partial charge on any atom is 0.337 e. The van der Waals surface area contributed by atoms with E-state index in [9.17, 15) is 14.7 Å². The van der Waals surface area contributed by atoms with E-state index in [1.54, 1.807) is 30.3 Å². The zero-order valence-corrected chi connectivity index (χ0v) is 12.7. The van der Waals surface area contributed by atoms with Crippen molar-refractivity contribution in [3.05, 3.63) is 58.1 Å². The van der Waals surface area contributed by atoms with Crippen molar-refractivity contribution in [1.82, 2.24) is 0 Å². The predicted molar refractivity (Wildman–Crippen MR) is 82.0 cm³/mol. The molecule has 0 aromatic heterocycles. The smallest absolute Gasteiger partial charge is 0.337 e. The second-order valence-electron chi connectivity index (χ2n) is 4.18. The van der Waals surface area contributed by atoms with Crippen molar-refractivity contribution < 1.29 is 19.4 Å². The van der Waals surface area contributed by atoms with Crippen LogP contribution in [0, 0.1) is 0 Å². The Bertz CT molecular complexity index is 683. The van der Waals surface area contributed by atoms with Crippen LogP contribution in [0.2, 0.25) is 0 Å². The molecule has 0 saturated heterocycles. The van der Waals surface area contributed by atoms with Crippen LogP contribution >= 0.6 is 15.9 Å². The SMILES string of the molecule is COc1ccc(NC(=O)c2ccc(Br)cc2)c(C(=O)O)c1. The summed E-state index contributed by atoms with van der Waals surface area (Å²) in [5, 5.41) is 11.8. The highest BCUT2D eigenvalue weighted by Gasteiger charge is 2.14. The third-order valence-corrected chi connectivity index (χ3v) is 3.34. The highest BCUT2D eigenvalue weighted by molar-refractivity contribution is 9.10. The number of methoxy groups -OCH3 is 1. The van der Waals surface area contributed by atoms with Gasteiger partial charge in [0.25, 0.3) is 5.91 Å². The average molecular weight is 350 g/mol. The molecular formula is C15H12BrNO4. The number of rotatable bonds is 4. The average Bonchev–Trinajstić information content (AvgIpc) is 2.48. The van der Waals surface area contributed by atoms with Crippen LogP contribution in [0.3, 0.4) is 0 Å². The molecule has 0 heterocycles. The van der Waals surface area contributed by atoms with E-state index >= 15 is 0 Å². The van der Waals surface area contributed by atoms with Gasteiger partial charge in [-0.25, -0.2) is 4.79 Å². The number of carbonyl (C=O) groups is 2. The van der Waals surface area contributed by atoms with Gasteiger partial charge in [-0.2, -0.15) is 0 Å². The summed E-state index contributed by atoms with van der Waals surface area (Å²) in [7, 11) is 1.45. The molecule has 0 saturated carbocycles. The van der Waals surface area contributed by atoms with Crippen LogP contribution in [0.1, 0.15) is 20.7 Å². The van der Waals surface area contributed by atoms with Crippen LogP contribution in [0.15, 0.2) is 46.9 Å². The summed E-state index contributed by atoms with van der Waals surface area (Å²) in [6, 6.07) is 11.2. The van der Waals surface area contributed by atoms with E-state index < -0.39 is 5.97 Å². The van der Waals surface area contributed by atoms with Crippen LogP contribution in [0.5, 0.6) is 5.75 Å². The lowest BCUT2D eigenvalue weighted by molar-refractivity contribution is 0.0697. The van der Waals surface area contributed by atoms with Crippen molar-refractivity contribution in [2.45, 2.75) is 0 Å². The van der Waals surface area contributed by atoms with Crippen LogP contribution in [0.25, 0.3) is 0 Å². The maximum atomic E-state index is 12.1. The van der Waals surface area contributed by atoms with Gasteiger partial charge in [0.2, 0.25) is 0 Å². The van der Waals surface area contributed by atoms with E-state index in [1.165, 1.54) is 19.2 Å². The predicted octanol–water partition coefficient (Wildman–Crippen LogP) is 3.41. The van der Waals surface area contributed by atoms with Crippen molar-refractivity contribution in [3.8, 4) is 5.75 Å². The molecular weight excluding hydrogens is 338 g/mol. The van der Waals surface area contributed by atoms with E-state index in [0.29, 0.717) is 11.3 Å². The van der Waals surface area contributed by atoms with Crippen LogP contribution < -0.4 is 10.1 Å². The summed E-state index contributed by atoms with van der Waals surface area (Å²) in [6.45, 7) is 0. The largest absolute Gasteiger partial charge is 0.497 e. The summed E-state index contributed by atoms with van der Waals surface area (Å²) in [6.07, 6.45) is 0. The molecule has 1 amide bonds. The fourth-order valence-corrected chi connectivity index (χ4v) is 2.00. The number of hydrogen-bond acceptors (Lipinski definition) is 3. The van der Waals surface area contributed by atoms with Crippen molar-refractivity contribution in [2.24, 2.45) is 0 Å². The second kappa shape index (κ2) is 6.41. The molecule has 2 rings (SSSR count). The Morgan fingerprint density at radius 3 is 2.38 bits per heavy atom. The van der Waals surface area contributed by atoms with Crippen molar-refractivity contribution in [3.63, 3.8) is 0 Å². The summed E-state index contributed by atoms with van der Waals surface area (Å²) >= 11 is 3.28. The molecule has 0 radical (unpaired) electrons. The number of hydrogen-bond donors (Lipinski definition) is 2. The van der Waals surface area contributed by atoms with Gasteiger partial charge in [0.05, 0.1) is 18.4 Å². The van der Waals surface area contributed by atoms with Gasteiger partial charge in [-0.15, -0.1) is 0 Å². The summed E-state index contributed by atoms with van der Waals surface area (Å²) in [4.78, 5) is 23.3. The zero-order valence-electron chi connectivity index (χ0n) is 11.1. The van der Waals surface area contributed by atoms with Gasteiger partial charge in [0.15, 0.2) is 0 Å². The Morgan fingerprint density at radius 1 is 1.14 bits per heavy atom. The van der Waals surface area contributed by atoms with Crippen LogP contribution in [0.4, 0.5) is 5.69 Å². The van der Waals surface area contributed by atoms with Crippen molar-refractivity contribution in [1.29, 1.82) is 0 Å². The Hall–Kier alpha value is -2.34. The van der Waals surface area contributed by atoms with Gasteiger partial charge < -0.3 is 15.2 Å². The van der Waals surface area contributed by atoms with Gasteiger partial charge >= 0.3 is 5.97 Å². The Balaban J connectivity index is 2.28. The van der Waals surface area contributed by atoms with E-state index in [2.05, 4.69) is 21.2 Å². The fourth-order valence-electron chi connectivity index (χ4n) is 1.73. The monoisotopic (exact) mass is 349 g/mol. The molecule has 5 nitrogen and oxygen atoms in total. The van der Waals surface area contributed by atoms with Gasteiger partial charge in [0, 0.05) is 10.0 Å². The molecule has 0 atom stereocenters. The first-order valence-electron chi connectivity index (χ1n) is 5.99. The Labute approximate surface area is 129 Å². The number of anilines is 1. The van der Waals surface area contributed by atoms with Crippen LogP contribution in [-0.2, 0) is 0 Å². The minimum atomic E-state index is -1.14. The number of ether oxygens (including phenoxy) is 1. The van der Waals surface area contributed by atoms with E-state index in [1.807, 2.05) is 0 Å². The minimum Gasteiger partial charge on any atom is -0.497 e. The van der Waals surface area contributed by atoms with Gasteiger partial charge in [-0.3, -0.25) is 4.79 Å². The van der Waals surface area contributed by atoms with Gasteiger partial charge in [-0.1, -0.05) is 15.9 Å². The minimum absolute atomic E-state index is 0.0280. The third-order valence-electron chi connectivity index (χ3n) is 2.81. The summed E-state index contributed by atoms with van der Waals surface area (Å²) in [5.74, 6) is -1.11. The second-order valence-corrected chi connectivity index (χ2v) is 5.09. The van der Waals surface area contributed by atoms with E-state index in [-0.39, 0.29) is 17.2 Å². The molecule has 0 fully saturated rings. The first-order valence-corrected chi connectivity index (χ1v) is 6.79. The number of benzene rings is 2. The molecule has 0 aliphatic heterocycles. The molecule has 0 aliphatic carbocycles. The molecule has 108 valence electrons. The molecule has 0 unspecified atom stereocenters. The molecule has 0 aliphatic rings. The standard InChI is InChI=1S/C15H12BrNO4/c1-21-11-6-7-13(12(8-11)15(19)20)17-14(18)9-2-4-10(16)5-3-9/h2-8H,1H3,(H,17,18)(H,19,20). The Kier molecular flexibility index (Phi) is 4.59. The summed E-state index contributed by atoms with van der Waals surface area (Å²) in [5.41, 5.74) is 0.626. The third kappa shape index (κ3) is 3.61. The van der Waals surface area contributed by atoms with E-state index in [0.717, 1.165) is 4.47 Å². The zero-order chi connectivity index (χ0) is 15.4. The Morgan fingerprint density at radius 2 is 1.81 bits per heavy atom. The molecule has 2 aromatic carbocycles. The van der Waals surface area contributed by atoms with Crippen molar-refractivity contribution in [2.75, 3.05) is 12.4 Å². The lowest BCUT2D eigenvalue weighted by Gasteiger charge is -2.10. The molecule has 2 N–H and O–H groups in total. The number of carboxylic acids is 1. The molecule has 21 heavy (non-hydrogen) atoms. The number of carboxylic acid groups (broad SMARTS) is 1. The van der Waals surface area contributed by atoms with Gasteiger partial charge in [0.1, 0.15) is 5.75 Å². The molecule has 0 spiro atoms. The van der Waals surface area contributed by atoms with Gasteiger partial charge in [-0.05, 0) is 42.5 Å². The number of amides is 1. The number of halogens is 1. The van der Waals surface area contributed by atoms with Crippen LogP contribution in [-0.4, -0.2) is 24.1 Å². The first kappa shape index (κ1) is 15.1. The molecule has 0 bridgehead atoms. The topological polar surface area (TPSA) is 75.6 Å². The normalized spacial score (nSPS) is 10.0. The molecule has 6 heteroatoms. The lowest BCUT2D eigenvalue weighted by Crippen LogP contribution is -2.14. The lowest BCUT2D eigenvalue weighted by atomic mass is 10.1. The molecule has 2 aromatic rings. The fraction of sp³-hybridized carbons (Fsp3) is 0.0667. The highest BCUT2D eigenvalue weighted by Crippen LogP contribution is 2.23. The van der Waals surface area contributed by atoms with E-state index in [4.69, 9.17) is 4.74 Å². The van der Waals surface area contributed by atoms with Crippen molar-refractivity contribution >= 4 is 33.5 Å². The number of aromatic carboxylic acids is 1. The quantitative estimate of drug-likeness (QED) is 0.886. The summed E-state index contributed by atoms with van der Waals surface area (Å²) < 4.78 is 5.84. The maximum absolute atomic E-state index is 12.1. The highest BCUT2D eigenvalue weighted by atomic mass is 79.9. The number of carbonyl (C=O) groups excluding carboxylic acids is 1. The first-order chi connectivity index (χ1) is 10.0. The number of nitrogens with one attached hydrogen (secondary N) is 1.